The normalized spacial score (nSPS) is 15.9. The predicted octanol–water partition coefficient (Wildman–Crippen LogP) is 3.97. The molecule has 0 aliphatic rings. The maximum Gasteiger partial charge on any atom is 0.0961 e. The molecule has 0 amide bonds. The minimum Gasteiger partial charge on any atom is -0.385 e. The molecule has 17 heavy (non-hydrogen) atoms. The summed E-state index contributed by atoms with van der Waals surface area (Å²) < 4.78 is 0. The van der Waals surface area contributed by atoms with E-state index in [2.05, 4.69) is 13.2 Å². The van der Waals surface area contributed by atoms with Crippen LogP contribution in [0.4, 0.5) is 0 Å². The molecule has 0 aliphatic heterocycles. The van der Waals surface area contributed by atoms with Crippen molar-refractivity contribution in [3.8, 4) is 0 Å². The molecule has 1 heteroatoms. The van der Waals surface area contributed by atoms with Crippen molar-refractivity contribution in [2.75, 3.05) is 0 Å². The summed E-state index contributed by atoms with van der Waals surface area (Å²) in [5.41, 5.74) is 1.27. The van der Waals surface area contributed by atoms with Crippen molar-refractivity contribution in [1.29, 1.82) is 0 Å². The number of hydrogen-bond donors (Lipinski definition) is 1. The van der Waals surface area contributed by atoms with Gasteiger partial charge in [0.1, 0.15) is 0 Å². The molecular weight excluding hydrogens is 208 g/mol. The maximum absolute atomic E-state index is 10.9. The number of benzene rings is 1. The standard InChI is InChI=1S/C16H22O/c1-5-7-12-16(17,14(4)6-2)15-11-9-8-10-13(15)3/h5-6,8-11,14,17H,1-2,7,12H2,3-4H3. The molecule has 0 aromatic heterocycles. The second kappa shape index (κ2) is 5.83. The second-order valence-corrected chi connectivity index (χ2v) is 4.59. The Hall–Kier alpha value is -1.34. The van der Waals surface area contributed by atoms with Crippen LogP contribution in [0.15, 0.2) is 49.6 Å². The number of rotatable bonds is 6. The third-order valence-electron chi connectivity index (χ3n) is 3.45. The summed E-state index contributed by atoms with van der Waals surface area (Å²) in [6, 6.07) is 7.99. The van der Waals surface area contributed by atoms with Crippen molar-refractivity contribution in [3.63, 3.8) is 0 Å². The van der Waals surface area contributed by atoms with Gasteiger partial charge in [0.15, 0.2) is 0 Å². The van der Waals surface area contributed by atoms with E-state index in [0.29, 0.717) is 6.42 Å². The minimum atomic E-state index is -0.846. The summed E-state index contributed by atoms with van der Waals surface area (Å²) in [6.07, 6.45) is 5.13. The Kier molecular flexibility index (Phi) is 4.71. The van der Waals surface area contributed by atoms with Crippen LogP contribution < -0.4 is 0 Å². The van der Waals surface area contributed by atoms with Crippen LogP contribution >= 0.6 is 0 Å². The van der Waals surface area contributed by atoms with Gasteiger partial charge < -0.3 is 5.11 Å². The Morgan fingerprint density at radius 3 is 2.53 bits per heavy atom. The van der Waals surface area contributed by atoms with E-state index in [1.165, 1.54) is 0 Å². The molecular formula is C16H22O. The monoisotopic (exact) mass is 230 g/mol. The zero-order valence-electron chi connectivity index (χ0n) is 10.8. The van der Waals surface area contributed by atoms with Gasteiger partial charge in [0.25, 0.3) is 0 Å². The number of hydrogen-bond acceptors (Lipinski definition) is 1. The molecule has 92 valence electrons. The van der Waals surface area contributed by atoms with Gasteiger partial charge in [-0.1, -0.05) is 43.3 Å². The molecule has 0 saturated carbocycles. The van der Waals surface area contributed by atoms with Gasteiger partial charge in [-0.05, 0) is 30.9 Å². The quantitative estimate of drug-likeness (QED) is 0.733. The fourth-order valence-electron chi connectivity index (χ4n) is 2.18. The van der Waals surface area contributed by atoms with E-state index in [4.69, 9.17) is 0 Å². The molecule has 1 aromatic rings. The van der Waals surface area contributed by atoms with Gasteiger partial charge in [-0.25, -0.2) is 0 Å². The molecule has 0 aliphatic carbocycles. The van der Waals surface area contributed by atoms with E-state index in [-0.39, 0.29) is 5.92 Å². The highest BCUT2D eigenvalue weighted by Crippen LogP contribution is 2.36. The van der Waals surface area contributed by atoms with Crippen LogP contribution in [0, 0.1) is 12.8 Å². The summed E-state index contributed by atoms with van der Waals surface area (Å²) in [5, 5.41) is 10.9. The van der Waals surface area contributed by atoms with Crippen LogP contribution in [0.1, 0.15) is 30.9 Å². The Morgan fingerprint density at radius 2 is 2.00 bits per heavy atom. The predicted molar refractivity (Wildman–Crippen MR) is 73.9 cm³/mol. The van der Waals surface area contributed by atoms with Gasteiger partial charge in [0.05, 0.1) is 5.60 Å². The lowest BCUT2D eigenvalue weighted by atomic mass is 9.77. The molecule has 2 atom stereocenters. The van der Waals surface area contributed by atoms with Gasteiger partial charge in [-0.2, -0.15) is 0 Å². The number of aryl methyl sites for hydroxylation is 1. The lowest BCUT2D eigenvalue weighted by Crippen LogP contribution is -2.33. The summed E-state index contributed by atoms with van der Waals surface area (Å²) in [4.78, 5) is 0. The molecule has 0 spiro atoms. The SMILES string of the molecule is C=CCCC(O)(c1ccccc1C)C(C)C=C. The summed E-state index contributed by atoms with van der Waals surface area (Å²) in [6.45, 7) is 11.6. The Labute approximate surface area is 104 Å². The molecule has 1 N–H and O–H groups in total. The molecule has 1 nitrogen and oxygen atoms in total. The van der Waals surface area contributed by atoms with E-state index < -0.39 is 5.60 Å². The van der Waals surface area contributed by atoms with E-state index in [1.807, 2.05) is 50.3 Å². The molecule has 0 fully saturated rings. The minimum absolute atomic E-state index is 0.0172. The number of allylic oxidation sites excluding steroid dienone is 1. The highest BCUT2D eigenvalue weighted by molar-refractivity contribution is 5.32. The average molecular weight is 230 g/mol. The topological polar surface area (TPSA) is 20.2 Å². The average Bonchev–Trinajstić information content (AvgIpc) is 2.35. The first-order valence-electron chi connectivity index (χ1n) is 6.08. The smallest absolute Gasteiger partial charge is 0.0961 e. The third-order valence-corrected chi connectivity index (χ3v) is 3.45. The molecule has 1 rings (SSSR count). The first-order valence-corrected chi connectivity index (χ1v) is 6.08. The first-order chi connectivity index (χ1) is 8.06. The van der Waals surface area contributed by atoms with Crippen molar-refractivity contribution >= 4 is 0 Å². The molecule has 0 saturated heterocycles. The van der Waals surface area contributed by atoms with Gasteiger partial charge in [0, 0.05) is 5.92 Å². The van der Waals surface area contributed by atoms with Gasteiger partial charge >= 0.3 is 0 Å². The van der Waals surface area contributed by atoms with Gasteiger partial charge in [-0.15, -0.1) is 13.2 Å². The molecule has 0 bridgehead atoms. The second-order valence-electron chi connectivity index (χ2n) is 4.59. The third kappa shape index (κ3) is 2.86. The van der Waals surface area contributed by atoms with E-state index in [1.54, 1.807) is 0 Å². The van der Waals surface area contributed by atoms with Gasteiger partial charge in [0.2, 0.25) is 0 Å². The van der Waals surface area contributed by atoms with Crippen LogP contribution in [-0.4, -0.2) is 5.11 Å². The summed E-state index contributed by atoms with van der Waals surface area (Å²) in [7, 11) is 0. The van der Waals surface area contributed by atoms with Crippen molar-refractivity contribution in [1.82, 2.24) is 0 Å². The summed E-state index contributed by atoms with van der Waals surface area (Å²) in [5.74, 6) is 0.0172. The van der Waals surface area contributed by atoms with E-state index >= 15 is 0 Å². The molecule has 2 unspecified atom stereocenters. The maximum atomic E-state index is 10.9. The van der Waals surface area contributed by atoms with Crippen LogP contribution in [0.25, 0.3) is 0 Å². The fraction of sp³-hybridized carbons (Fsp3) is 0.375. The Morgan fingerprint density at radius 1 is 1.35 bits per heavy atom. The van der Waals surface area contributed by atoms with Crippen LogP contribution in [0.5, 0.6) is 0 Å². The fourth-order valence-corrected chi connectivity index (χ4v) is 2.18. The van der Waals surface area contributed by atoms with E-state index in [9.17, 15) is 5.11 Å². The highest BCUT2D eigenvalue weighted by Gasteiger charge is 2.34. The van der Waals surface area contributed by atoms with Gasteiger partial charge in [-0.3, -0.25) is 0 Å². The molecule has 0 radical (unpaired) electrons. The van der Waals surface area contributed by atoms with Crippen LogP contribution in [0.3, 0.4) is 0 Å². The largest absolute Gasteiger partial charge is 0.385 e. The zero-order valence-corrected chi connectivity index (χ0v) is 10.8. The summed E-state index contributed by atoms with van der Waals surface area (Å²) >= 11 is 0. The molecule has 1 aromatic carbocycles. The number of aliphatic hydroxyl groups is 1. The highest BCUT2D eigenvalue weighted by atomic mass is 16.3. The molecule has 0 heterocycles. The Balaban J connectivity index is 3.18. The lowest BCUT2D eigenvalue weighted by molar-refractivity contribution is -0.00738. The van der Waals surface area contributed by atoms with Crippen molar-refractivity contribution in [3.05, 3.63) is 60.7 Å². The van der Waals surface area contributed by atoms with Crippen molar-refractivity contribution in [2.24, 2.45) is 5.92 Å². The first kappa shape index (κ1) is 13.7. The van der Waals surface area contributed by atoms with E-state index in [0.717, 1.165) is 17.5 Å². The lowest BCUT2D eigenvalue weighted by Gasteiger charge is -2.34. The zero-order chi connectivity index (χ0) is 12.9. The Bertz CT molecular complexity index is 394. The van der Waals surface area contributed by atoms with Crippen LogP contribution in [0.2, 0.25) is 0 Å². The van der Waals surface area contributed by atoms with Crippen molar-refractivity contribution in [2.45, 2.75) is 32.3 Å². The van der Waals surface area contributed by atoms with Crippen LogP contribution in [-0.2, 0) is 5.60 Å². The van der Waals surface area contributed by atoms with Crippen molar-refractivity contribution < 1.29 is 5.11 Å².